The molecule has 0 fully saturated rings. The lowest BCUT2D eigenvalue weighted by atomic mass is 10.1. The molecule has 0 aliphatic rings. The third-order valence-electron chi connectivity index (χ3n) is 5.61. The Bertz CT molecular complexity index is 1560. The summed E-state index contributed by atoms with van der Waals surface area (Å²) < 4.78 is 16.0. The van der Waals surface area contributed by atoms with Crippen LogP contribution >= 0.6 is 0 Å². The molecule has 33 heavy (non-hydrogen) atoms. The van der Waals surface area contributed by atoms with E-state index in [0.29, 0.717) is 22.4 Å². The van der Waals surface area contributed by atoms with E-state index in [1.54, 1.807) is 25.1 Å². The van der Waals surface area contributed by atoms with Crippen molar-refractivity contribution in [2.45, 2.75) is 19.4 Å². The number of fused-ring (bicyclic) bond motifs is 3. The zero-order valence-corrected chi connectivity index (χ0v) is 17.5. The Hall–Kier alpha value is -4.40. The predicted octanol–water partition coefficient (Wildman–Crippen LogP) is 3.42. The molecule has 164 valence electrons. The second-order valence-corrected chi connectivity index (χ2v) is 7.71. The smallest absolute Gasteiger partial charge is 0.327 e. The van der Waals surface area contributed by atoms with Gasteiger partial charge in [0.1, 0.15) is 17.4 Å². The molecular formula is C24H18FN5O3. The number of aryl methyl sites for hydroxylation is 1. The van der Waals surface area contributed by atoms with E-state index in [1.807, 2.05) is 30.3 Å². The summed E-state index contributed by atoms with van der Waals surface area (Å²) in [4.78, 5) is 25.2. The minimum atomic E-state index is -1.12. The van der Waals surface area contributed by atoms with Crippen molar-refractivity contribution < 1.29 is 14.3 Å². The van der Waals surface area contributed by atoms with Crippen LogP contribution in [0.3, 0.4) is 0 Å². The number of nitrogens with zero attached hydrogens (tertiary/aromatic N) is 5. The van der Waals surface area contributed by atoms with Crippen molar-refractivity contribution in [2.24, 2.45) is 0 Å². The molecule has 5 rings (SSSR count). The molecule has 8 nitrogen and oxygen atoms in total. The van der Waals surface area contributed by atoms with E-state index in [2.05, 4.69) is 15.3 Å². The van der Waals surface area contributed by atoms with Gasteiger partial charge in [-0.2, -0.15) is 5.10 Å². The van der Waals surface area contributed by atoms with Gasteiger partial charge in [0, 0.05) is 12.6 Å². The molecule has 0 spiro atoms. The molecule has 0 saturated carbocycles. The van der Waals surface area contributed by atoms with Crippen LogP contribution in [0.2, 0.25) is 0 Å². The van der Waals surface area contributed by atoms with Gasteiger partial charge in [-0.3, -0.25) is 9.36 Å². The highest BCUT2D eigenvalue weighted by atomic mass is 19.1. The second-order valence-electron chi connectivity index (χ2n) is 7.71. The van der Waals surface area contributed by atoms with E-state index in [4.69, 9.17) is 0 Å². The Morgan fingerprint density at radius 2 is 1.79 bits per heavy atom. The van der Waals surface area contributed by atoms with Crippen LogP contribution in [0.5, 0.6) is 0 Å². The van der Waals surface area contributed by atoms with Gasteiger partial charge in [0.05, 0.1) is 11.3 Å². The molecule has 2 aromatic carbocycles. The number of aromatic nitrogens is 5. The minimum absolute atomic E-state index is 0.0115. The Kier molecular flexibility index (Phi) is 4.93. The predicted molar refractivity (Wildman–Crippen MR) is 119 cm³/mol. The zero-order chi connectivity index (χ0) is 23.1. The molecule has 5 aromatic rings. The normalized spacial score (nSPS) is 12.3. The highest BCUT2D eigenvalue weighted by Crippen LogP contribution is 2.28. The summed E-state index contributed by atoms with van der Waals surface area (Å²) in [5.41, 5.74) is 3.11. The summed E-state index contributed by atoms with van der Waals surface area (Å²) >= 11 is 0. The molecule has 0 aliphatic carbocycles. The lowest BCUT2D eigenvalue weighted by Gasteiger charge is -2.16. The summed E-state index contributed by atoms with van der Waals surface area (Å²) in [6.07, 6.45) is 1.59. The first-order chi connectivity index (χ1) is 15.9. The Morgan fingerprint density at radius 1 is 1.06 bits per heavy atom. The van der Waals surface area contributed by atoms with Crippen molar-refractivity contribution in [3.05, 3.63) is 94.3 Å². The molecule has 1 N–H and O–H groups in total. The van der Waals surface area contributed by atoms with E-state index in [9.17, 15) is 19.1 Å². The molecule has 3 aromatic heterocycles. The highest BCUT2D eigenvalue weighted by Gasteiger charge is 2.24. The number of carboxylic acids is 1. The van der Waals surface area contributed by atoms with Gasteiger partial charge in [0.25, 0.3) is 5.56 Å². The van der Waals surface area contributed by atoms with Gasteiger partial charge in [-0.25, -0.2) is 13.7 Å². The van der Waals surface area contributed by atoms with Crippen LogP contribution in [0.15, 0.2) is 71.7 Å². The first-order valence-corrected chi connectivity index (χ1v) is 10.2. The Labute approximate surface area is 186 Å². The van der Waals surface area contributed by atoms with Gasteiger partial charge >= 0.3 is 5.97 Å². The number of halogens is 1. The largest absolute Gasteiger partial charge is 0.480 e. The Balaban J connectivity index is 1.65. The first kappa shape index (κ1) is 20.5. The summed E-state index contributed by atoms with van der Waals surface area (Å²) in [7, 11) is 0. The number of carbonyl (C=O) groups is 1. The fourth-order valence-electron chi connectivity index (χ4n) is 4.01. The maximum atomic E-state index is 13.4. The van der Waals surface area contributed by atoms with E-state index in [0.717, 1.165) is 15.7 Å². The molecule has 9 heteroatoms. The van der Waals surface area contributed by atoms with Crippen LogP contribution in [-0.2, 0) is 11.2 Å². The number of carboxylic acid groups (broad SMARTS) is 1. The quantitative estimate of drug-likeness (QED) is 0.447. The molecule has 1 atom stereocenters. The number of aliphatic carboxylic acids is 1. The molecule has 3 heterocycles. The molecule has 0 aliphatic heterocycles. The zero-order valence-electron chi connectivity index (χ0n) is 17.5. The molecule has 0 saturated heterocycles. The topological polar surface area (TPSA) is 102 Å². The number of pyridine rings is 1. The number of hydrogen-bond donors (Lipinski definition) is 1. The standard InChI is InChI=1S/C24H18FN5O3/c1-14-20(16-7-9-17(25)10-8-16)22-27-26-21-18(30(22)28-14)11-12-29(23(21)31)19(24(32)33)13-15-5-3-2-4-6-15/h2-12,19H,13H2,1H3,(H,32,33)/t19-/m0/s1. The third-order valence-corrected chi connectivity index (χ3v) is 5.61. The van der Waals surface area contributed by atoms with Gasteiger partial charge in [0.2, 0.25) is 0 Å². The lowest BCUT2D eigenvalue weighted by molar-refractivity contribution is -0.141. The van der Waals surface area contributed by atoms with Crippen molar-refractivity contribution in [2.75, 3.05) is 0 Å². The Morgan fingerprint density at radius 3 is 2.48 bits per heavy atom. The van der Waals surface area contributed by atoms with Gasteiger partial charge in [-0.05, 0) is 36.2 Å². The van der Waals surface area contributed by atoms with Crippen LogP contribution in [-0.4, -0.2) is 35.5 Å². The third kappa shape index (κ3) is 3.53. The van der Waals surface area contributed by atoms with Crippen molar-refractivity contribution in [1.82, 2.24) is 24.4 Å². The fraction of sp³-hybridized carbons (Fsp3) is 0.125. The molecular weight excluding hydrogens is 425 g/mol. The van der Waals surface area contributed by atoms with E-state index in [1.165, 1.54) is 22.8 Å². The second kappa shape index (κ2) is 7.94. The average Bonchev–Trinajstić information content (AvgIpc) is 3.15. The number of rotatable bonds is 5. The van der Waals surface area contributed by atoms with Crippen LogP contribution < -0.4 is 5.56 Å². The summed E-state index contributed by atoms with van der Waals surface area (Å²) in [6, 6.07) is 15.6. The van der Waals surface area contributed by atoms with Crippen molar-refractivity contribution in [3.8, 4) is 11.1 Å². The highest BCUT2D eigenvalue weighted by molar-refractivity contribution is 5.84. The van der Waals surface area contributed by atoms with Crippen LogP contribution in [0.4, 0.5) is 4.39 Å². The summed E-state index contributed by atoms with van der Waals surface area (Å²) in [5.74, 6) is -1.48. The first-order valence-electron chi connectivity index (χ1n) is 10.2. The van der Waals surface area contributed by atoms with E-state index >= 15 is 0 Å². The lowest BCUT2D eigenvalue weighted by Crippen LogP contribution is -2.31. The molecule has 0 bridgehead atoms. The number of benzene rings is 2. The SMILES string of the molecule is Cc1nn2c(nnc3c(=O)n([C@@H](Cc4ccccc4)C(=O)O)ccc32)c1-c1ccc(F)cc1. The number of hydrogen-bond acceptors (Lipinski definition) is 5. The maximum Gasteiger partial charge on any atom is 0.327 e. The van der Waals surface area contributed by atoms with Crippen molar-refractivity contribution in [3.63, 3.8) is 0 Å². The molecule has 0 unspecified atom stereocenters. The fourth-order valence-corrected chi connectivity index (χ4v) is 4.01. The van der Waals surface area contributed by atoms with E-state index < -0.39 is 17.6 Å². The maximum absolute atomic E-state index is 13.4. The van der Waals surface area contributed by atoms with E-state index in [-0.39, 0.29) is 17.8 Å². The van der Waals surface area contributed by atoms with Crippen molar-refractivity contribution >= 4 is 22.6 Å². The van der Waals surface area contributed by atoms with Gasteiger partial charge < -0.3 is 5.11 Å². The van der Waals surface area contributed by atoms with Crippen LogP contribution in [0, 0.1) is 12.7 Å². The van der Waals surface area contributed by atoms with Gasteiger partial charge in [0.15, 0.2) is 11.2 Å². The summed E-state index contributed by atoms with van der Waals surface area (Å²) in [6.45, 7) is 1.79. The minimum Gasteiger partial charge on any atom is -0.480 e. The van der Waals surface area contributed by atoms with Crippen molar-refractivity contribution in [1.29, 1.82) is 0 Å². The monoisotopic (exact) mass is 443 g/mol. The van der Waals surface area contributed by atoms with Gasteiger partial charge in [-0.1, -0.05) is 42.5 Å². The van der Waals surface area contributed by atoms with Gasteiger partial charge in [-0.15, -0.1) is 10.2 Å². The van der Waals surface area contributed by atoms with Crippen LogP contribution in [0.25, 0.3) is 27.8 Å². The average molecular weight is 443 g/mol. The molecule has 0 radical (unpaired) electrons. The summed E-state index contributed by atoms with van der Waals surface area (Å²) in [5, 5.41) is 22.7. The molecule has 0 amide bonds. The van der Waals surface area contributed by atoms with Crippen LogP contribution in [0.1, 0.15) is 17.3 Å².